The zero-order valence-electron chi connectivity index (χ0n) is 9.90. The number of aromatic nitrogens is 2. The maximum absolute atomic E-state index is 5.28. The number of H-pyrrole nitrogens is 1. The SMILES string of the molecule is Cc1ccc(C)cc1.NCCc1cn[nH]c1. The van der Waals surface area contributed by atoms with Crippen molar-refractivity contribution >= 4 is 0 Å². The van der Waals surface area contributed by atoms with Crippen LogP contribution in [-0.2, 0) is 6.42 Å². The van der Waals surface area contributed by atoms with Gasteiger partial charge in [-0.25, -0.2) is 0 Å². The average molecular weight is 217 g/mol. The van der Waals surface area contributed by atoms with E-state index in [1.807, 2.05) is 6.20 Å². The molecule has 3 heteroatoms. The fraction of sp³-hybridized carbons (Fsp3) is 0.308. The van der Waals surface area contributed by atoms with Crippen LogP contribution in [0.15, 0.2) is 36.7 Å². The molecule has 0 saturated heterocycles. The van der Waals surface area contributed by atoms with Crippen LogP contribution in [0.4, 0.5) is 0 Å². The number of nitrogens with one attached hydrogen (secondary N) is 1. The Balaban J connectivity index is 0.000000160. The van der Waals surface area contributed by atoms with Crippen molar-refractivity contribution in [2.75, 3.05) is 6.54 Å². The third-order valence-corrected chi connectivity index (χ3v) is 2.21. The molecule has 0 aliphatic rings. The Bertz CT molecular complexity index is 355. The normalized spacial score (nSPS) is 9.44. The van der Waals surface area contributed by atoms with Crippen molar-refractivity contribution in [3.63, 3.8) is 0 Å². The first-order chi connectivity index (χ1) is 7.72. The highest BCUT2D eigenvalue weighted by Gasteiger charge is 1.87. The first kappa shape index (κ1) is 12.5. The fourth-order valence-corrected chi connectivity index (χ4v) is 1.22. The van der Waals surface area contributed by atoms with Crippen LogP contribution in [0.5, 0.6) is 0 Å². The molecule has 0 aliphatic heterocycles. The van der Waals surface area contributed by atoms with Gasteiger partial charge >= 0.3 is 0 Å². The predicted octanol–water partition coefficient (Wildman–Crippen LogP) is 2.21. The zero-order valence-corrected chi connectivity index (χ0v) is 9.90. The van der Waals surface area contributed by atoms with Gasteiger partial charge in [-0.2, -0.15) is 5.10 Å². The van der Waals surface area contributed by atoms with Crippen LogP contribution in [0.3, 0.4) is 0 Å². The molecule has 3 N–H and O–H groups in total. The smallest absolute Gasteiger partial charge is 0.0519 e. The number of nitrogens with two attached hydrogens (primary N) is 1. The van der Waals surface area contributed by atoms with Gasteiger partial charge in [0, 0.05) is 6.20 Å². The molecule has 0 saturated carbocycles. The Kier molecular flexibility index (Phi) is 5.29. The molecule has 2 rings (SSSR count). The average Bonchev–Trinajstić information content (AvgIpc) is 2.77. The molecule has 0 bridgehead atoms. The minimum absolute atomic E-state index is 0.694. The molecular weight excluding hydrogens is 198 g/mol. The number of benzene rings is 1. The van der Waals surface area contributed by atoms with Crippen LogP contribution in [0.25, 0.3) is 0 Å². The molecule has 0 atom stereocenters. The van der Waals surface area contributed by atoms with Crippen LogP contribution in [0, 0.1) is 13.8 Å². The van der Waals surface area contributed by atoms with Gasteiger partial charge in [0.1, 0.15) is 0 Å². The van der Waals surface area contributed by atoms with Crippen molar-refractivity contribution in [1.82, 2.24) is 10.2 Å². The summed E-state index contributed by atoms with van der Waals surface area (Å²) in [5.74, 6) is 0. The number of nitrogens with zero attached hydrogens (tertiary/aromatic N) is 1. The minimum atomic E-state index is 0.694. The van der Waals surface area contributed by atoms with E-state index in [-0.39, 0.29) is 0 Å². The standard InChI is InChI=1S/C8H10.C5H9N3/c1-7-3-5-8(2)6-4-7;6-2-1-5-3-7-8-4-5/h3-6H,1-2H3;3-4H,1-2,6H2,(H,7,8). The molecule has 1 aromatic carbocycles. The summed E-state index contributed by atoms with van der Waals surface area (Å²) in [6.45, 7) is 4.89. The number of rotatable bonds is 2. The first-order valence-corrected chi connectivity index (χ1v) is 5.43. The Labute approximate surface area is 96.7 Å². The minimum Gasteiger partial charge on any atom is -0.330 e. The molecule has 0 radical (unpaired) electrons. The number of aryl methyl sites for hydroxylation is 2. The van der Waals surface area contributed by atoms with Crippen molar-refractivity contribution in [1.29, 1.82) is 0 Å². The number of hydrogen-bond donors (Lipinski definition) is 2. The van der Waals surface area contributed by atoms with Gasteiger partial charge in [-0.15, -0.1) is 0 Å². The molecule has 1 heterocycles. The Morgan fingerprint density at radius 1 is 1.12 bits per heavy atom. The second-order valence-electron chi connectivity index (χ2n) is 3.80. The highest BCUT2D eigenvalue weighted by Crippen LogP contribution is 1.99. The first-order valence-electron chi connectivity index (χ1n) is 5.43. The molecule has 0 amide bonds. The summed E-state index contributed by atoms with van der Waals surface area (Å²) in [6.07, 6.45) is 4.55. The molecule has 0 spiro atoms. The third kappa shape index (κ3) is 4.75. The van der Waals surface area contributed by atoms with Crippen molar-refractivity contribution < 1.29 is 0 Å². The van der Waals surface area contributed by atoms with Gasteiger partial charge in [-0.1, -0.05) is 35.4 Å². The van der Waals surface area contributed by atoms with E-state index >= 15 is 0 Å². The van der Waals surface area contributed by atoms with Crippen molar-refractivity contribution in [3.05, 3.63) is 53.3 Å². The van der Waals surface area contributed by atoms with E-state index in [4.69, 9.17) is 5.73 Å². The van der Waals surface area contributed by atoms with Gasteiger partial charge in [-0.3, -0.25) is 5.10 Å². The Morgan fingerprint density at radius 2 is 1.69 bits per heavy atom. The van der Waals surface area contributed by atoms with Crippen LogP contribution >= 0.6 is 0 Å². The Morgan fingerprint density at radius 3 is 2.06 bits per heavy atom. The summed E-state index contributed by atoms with van der Waals surface area (Å²) in [6, 6.07) is 8.48. The largest absolute Gasteiger partial charge is 0.330 e. The van der Waals surface area contributed by atoms with E-state index < -0.39 is 0 Å². The molecule has 0 unspecified atom stereocenters. The molecule has 2 aromatic rings. The maximum Gasteiger partial charge on any atom is 0.0519 e. The van der Waals surface area contributed by atoms with Crippen molar-refractivity contribution in [2.45, 2.75) is 20.3 Å². The van der Waals surface area contributed by atoms with Gasteiger partial charge in [-0.05, 0) is 32.4 Å². The molecule has 86 valence electrons. The molecule has 1 aromatic heterocycles. The maximum atomic E-state index is 5.28. The predicted molar refractivity (Wildman–Crippen MR) is 67.3 cm³/mol. The second kappa shape index (κ2) is 6.80. The Hall–Kier alpha value is -1.61. The van der Waals surface area contributed by atoms with E-state index in [0.29, 0.717) is 6.54 Å². The van der Waals surface area contributed by atoms with E-state index in [9.17, 15) is 0 Å². The fourth-order valence-electron chi connectivity index (χ4n) is 1.22. The van der Waals surface area contributed by atoms with Gasteiger partial charge in [0.15, 0.2) is 0 Å². The van der Waals surface area contributed by atoms with E-state index in [2.05, 4.69) is 48.3 Å². The monoisotopic (exact) mass is 217 g/mol. The molecule has 0 fully saturated rings. The summed E-state index contributed by atoms with van der Waals surface area (Å²) in [5, 5.41) is 6.47. The zero-order chi connectivity index (χ0) is 11.8. The summed E-state index contributed by atoms with van der Waals surface area (Å²) < 4.78 is 0. The quantitative estimate of drug-likeness (QED) is 0.810. The van der Waals surface area contributed by atoms with Gasteiger partial charge in [0.25, 0.3) is 0 Å². The van der Waals surface area contributed by atoms with E-state index in [1.54, 1.807) is 6.20 Å². The summed E-state index contributed by atoms with van der Waals surface area (Å²) >= 11 is 0. The van der Waals surface area contributed by atoms with Gasteiger partial charge < -0.3 is 5.73 Å². The highest BCUT2D eigenvalue weighted by atomic mass is 15.1. The molecule has 0 aliphatic carbocycles. The van der Waals surface area contributed by atoms with Crippen LogP contribution in [-0.4, -0.2) is 16.7 Å². The lowest BCUT2D eigenvalue weighted by Gasteiger charge is -1.90. The van der Waals surface area contributed by atoms with Crippen molar-refractivity contribution in [2.24, 2.45) is 5.73 Å². The molecular formula is C13H19N3. The topological polar surface area (TPSA) is 54.7 Å². The highest BCUT2D eigenvalue weighted by molar-refractivity contribution is 5.19. The van der Waals surface area contributed by atoms with Crippen LogP contribution in [0.2, 0.25) is 0 Å². The van der Waals surface area contributed by atoms with Gasteiger partial charge in [0.2, 0.25) is 0 Å². The van der Waals surface area contributed by atoms with Gasteiger partial charge in [0.05, 0.1) is 6.20 Å². The lowest BCUT2D eigenvalue weighted by Crippen LogP contribution is -2.01. The molecule has 3 nitrogen and oxygen atoms in total. The van der Waals surface area contributed by atoms with Crippen LogP contribution < -0.4 is 5.73 Å². The van der Waals surface area contributed by atoms with E-state index in [0.717, 1.165) is 6.42 Å². The number of aromatic amines is 1. The summed E-state index contributed by atoms with van der Waals surface area (Å²) in [5.41, 5.74) is 9.11. The second-order valence-corrected chi connectivity index (χ2v) is 3.80. The van der Waals surface area contributed by atoms with E-state index in [1.165, 1.54) is 16.7 Å². The van der Waals surface area contributed by atoms with Crippen molar-refractivity contribution in [3.8, 4) is 0 Å². The van der Waals surface area contributed by atoms with Crippen LogP contribution in [0.1, 0.15) is 16.7 Å². The summed E-state index contributed by atoms with van der Waals surface area (Å²) in [7, 11) is 0. The summed E-state index contributed by atoms with van der Waals surface area (Å²) in [4.78, 5) is 0. The number of hydrogen-bond acceptors (Lipinski definition) is 2. The lowest BCUT2D eigenvalue weighted by molar-refractivity contribution is 0.970. The third-order valence-electron chi connectivity index (χ3n) is 2.21. The molecule has 16 heavy (non-hydrogen) atoms. The lowest BCUT2D eigenvalue weighted by atomic mass is 10.2.